The van der Waals surface area contributed by atoms with Crippen LogP contribution in [0.3, 0.4) is 0 Å². The molecule has 1 amide bonds. The van der Waals surface area contributed by atoms with Gasteiger partial charge in [-0.15, -0.1) is 11.8 Å². The zero-order valence-electron chi connectivity index (χ0n) is 12.4. The lowest BCUT2D eigenvalue weighted by Crippen LogP contribution is -2.17. The molecule has 0 heterocycles. The fraction of sp³-hybridized carbons (Fsp3) is 0.188. The predicted molar refractivity (Wildman–Crippen MR) is 82.2 cm³/mol. The first-order valence-corrected chi connectivity index (χ1v) is 7.81. The van der Waals surface area contributed by atoms with Gasteiger partial charge in [-0.2, -0.15) is 26.3 Å². The molecule has 0 fully saturated rings. The van der Waals surface area contributed by atoms with Crippen LogP contribution in [0.15, 0.2) is 53.4 Å². The zero-order valence-corrected chi connectivity index (χ0v) is 13.2. The van der Waals surface area contributed by atoms with E-state index in [0.717, 1.165) is 16.7 Å². The first kappa shape index (κ1) is 19.2. The van der Waals surface area contributed by atoms with Crippen molar-refractivity contribution in [1.82, 2.24) is 0 Å². The van der Waals surface area contributed by atoms with Gasteiger partial charge in [-0.1, -0.05) is 18.2 Å². The van der Waals surface area contributed by atoms with E-state index in [1.54, 1.807) is 30.3 Å². The molecule has 2 rings (SSSR count). The first-order chi connectivity index (χ1) is 11.6. The minimum absolute atomic E-state index is 0.00831. The van der Waals surface area contributed by atoms with Crippen LogP contribution in [-0.2, 0) is 17.1 Å². The second kappa shape index (κ2) is 7.38. The average Bonchev–Trinajstić information content (AvgIpc) is 2.52. The lowest BCUT2D eigenvalue weighted by molar-refractivity contribution is -0.143. The summed E-state index contributed by atoms with van der Waals surface area (Å²) >= 11 is 1.11. The van der Waals surface area contributed by atoms with Gasteiger partial charge in [-0.3, -0.25) is 4.79 Å². The van der Waals surface area contributed by atoms with Crippen molar-refractivity contribution in [3.63, 3.8) is 0 Å². The molecule has 0 aliphatic carbocycles. The van der Waals surface area contributed by atoms with Gasteiger partial charge in [-0.25, -0.2) is 0 Å². The van der Waals surface area contributed by atoms with Gasteiger partial charge in [0, 0.05) is 10.6 Å². The van der Waals surface area contributed by atoms with Crippen molar-refractivity contribution in [2.24, 2.45) is 0 Å². The van der Waals surface area contributed by atoms with Gasteiger partial charge in [0.25, 0.3) is 0 Å². The number of hydrogen-bond donors (Lipinski definition) is 1. The quantitative estimate of drug-likeness (QED) is 0.565. The minimum Gasteiger partial charge on any atom is -0.325 e. The van der Waals surface area contributed by atoms with Crippen LogP contribution in [0.2, 0.25) is 0 Å². The Morgan fingerprint density at radius 3 is 1.88 bits per heavy atom. The molecule has 0 unspecified atom stereocenters. The third-order valence-corrected chi connectivity index (χ3v) is 4.00. The molecule has 0 aromatic heterocycles. The maximum atomic E-state index is 12.8. The molecule has 0 radical (unpaired) electrons. The number of anilines is 1. The summed E-state index contributed by atoms with van der Waals surface area (Å²) in [5.41, 5.74) is -3.51. The zero-order chi connectivity index (χ0) is 18.7. The number of rotatable bonds is 4. The summed E-state index contributed by atoms with van der Waals surface area (Å²) in [4.78, 5) is 12.6. The van der Waals surface area contributed by atoms with E-state index in [9.17, 15) is 31.1 Å². The van der Waals surface area contributed by atoms with Crippen molar-refractivity contribution >= 4 is 23.4 Å². The van der Waals surface area contributed by atoms with Gasteiger partial charge in [0.05, 0.1) is 16.9 Å². The lowest BCUT2D eigenvalue weighted by atomic mass is 10.1. The fourth-order valence-corrected chi connectivity index (χ4v) is 2.61. The van der Waals surface area contributed by atoms with E-state index in [1.807, 2.05) is 0 Å². The number of alkyl halides is 6. The molecule has 0 atom stereocenters. The van der Waals surface area contributed by atoms with Crippen LogP contribution >= 0.6 is 11.8 Å². The lowest BCUT2D eigenvalue weighted by Gasteiger charge is -2.14. The van der Waals surface area contributed by atoms with Crippen molar-refractivity contribution < 1.29 is 31.1 Å². The molecule has 2 aromatic carbocycles. The predicted octanol–water partition coefficient (Wildman–Crippen LogP) is 5.46. The normalized spacial score (nSPS) is 12.1. The van der Waals surface area contributed by atoms with Gasteiger partial charge < -0.3 is 5.32 Å². The Morgan fingerprint density at radius 2 is 1.40 bits per heavy atom. The number of carbonyl (C=O) groups is 1. The van der Waals surface area contributed by atoms with E-state index < -0.39 is 35.1 Å². The SMILES string of the molecule is O=C(CSc1ccccc1)Nc1cc(C(F)(F)F)cc(C(F)(F)F)c1. The summed E-state index contributed by atoms with van der Waals surface area (Å²) in [6.45, 7) is 0. The maximum absolute atomic E-state index is 12.8. The Balaban J connectivity index is 2.16. The standard InChI is InChI=1S/C16H11F6NOS/c17-15(18,19)10-6-11(16(20,21)22)8-12(7-10)23-14(24)9-25-13-4-2-1-3-5-13/h1-8H,9H2,(H,23,24). The summed E-state index contributed by atoms with van der Waals surface area (Å²) in [6, 6.07) is 9.65. The van der Waals surface area contributed by atoms with E-state index in [1.165, 1.54) is 0 Å². The van der Waals surface area contributed by atoms with E-state index in [4.69, 9.17) is 0 Å². The van der Waals surface area contributed by atoms with Crippen LogP contribution in [0.4, 0.5) is 32.0 Å². The fourth-order valence-electron chi connectivity index (χ4n) is 1.89. The van der Waals surface area contributed by atoms with E-state index in [0.29, 0.717) is 12.1 Å². The number of amides is 1. The molecule has 9 heteroatoms. The van der Waals surface area contributed by atoms with Gasteiger partial charge in [-0.05, 0) is 30.3 Å². The smallest absolute Gasteiger partial charge is 0.325 e. The average molecular weight is 379 g/mol. The third-order valence-electron chi connectivity index (χ3n) is 2.98. The van der Waals surface area contributed by atoms with E-state index in [2.05, 4.69) is 5.32 Å². The number of hydrogen-bond acceptors (Lipinski definition) is 2. The molecular weight excluding hydrogens is 368 g/mol. The monoisotopic (exact) mass is 379 g/mol. The Morgan fingerprint density at radius 1 is 0.880 bits per heavy atom. The largest absolute Gasteiger partial charge is 0.416 e. The summed E-state index contributed by atoms with van der Waals surface area (Å²) in [5, 5.41) is 2.08. The van der Waals surface area contributed by atoms with E-state index in [-0.39, 0.29) is 11.8 Å². The summed E-state index contributed by atoms with van der Waals surface area (Å²) in [6.07, 6.45) is -9.92. The Bertz CT molecular complexity index is 710. The van der Waals surface area contributed by atoms with Crippen molar-refractivity contribution in [3.8, 4) is 0 Å². The topological polar surface area (TPSA) is 29.1 Å². The molecule has 2 aromatic rings. The van der Waals surface area contributed by atoms with Gasteiger partial charge >= 0.3 is 12.4 Å². The summed E-state index contributed by atoms with van der Waals surface area (Å²) < 4.78 is 76.6. The Kier molecular flexibility index (Phi) is 5.66. The van der Waals surface area contributed by atoms with Crippen molar-refractivity contribution in [2.45, 2.75) is 17.2 Å². The van der Waals surface area contributed by atoms with Crippen LogP contribution < -0.4 is 5.32 Å². The van der Waals surface area contributed by atoms with Gasteiger partial charge in [0.1, 0.15) is 0 Å². The number of carbonyl (C=O) groups excluding carboxylic acids is 1. The molecule has 0 aliphatic heterocycles. The molecule has 0 aliphatic rings. The van der Waals surface area contributed by atoms with Crippen molar-refractivity contribution in [3.05, 3.63) is 59.7 Å². The second-order valence-electron chi connectivity index (χ2n) is 4.94. The first-order valence-electron chi connectivity index (χ1n) is 6.83. The maximum Gasteiger partial charge on any atom is 0.416 e. The molecule has 0 saturated heterocycles. The highest BCUT2D eigenvalue weighted by molar-refractivity contribution is 8.00. The Hall–Kier alpha value is -2.16. The van der Waals surface area contributed by atoms with Crippen LogP contribution in [-0.4, -0.2) is 11.7 Å². The van der Waals surface area contributed by atoms with Crippen LogP contribution in [0, 0.1) is 0 Å². The molecule has 0 bridgehead atoms. The number of halogens is 6. The highest BCUT2D eigenvalue weighted by Crippen LogP contribution is 2.37. The second-order valence-corrected chi connectivity index (χ2v) is 5.99. The molecule has 1 N–H and O–H groups in total. The number of nitrogens with one attached hydrogen (secondary N) is 1. The summed E-state index contributed by atoms with van der Waals surface area (Å²) in [7, 11) is 0. The van der Waals surface area contributed by atoms with Crippen molar-refractivity contribution in [2.75, 3.05) is 11.1 Å². The van der Waals surface area contributed by atoms with Crippen LogP contribution in [0.25, 0.3) is 0 Å². The number of thioether (sulfide) groups is 1. The molecule has 2 nitrogen and oxygen atoms in total. The number of benzene rings is 2. The molecule has 0 spiro atoms. The van der Waals surface area contributed by atoms with Gasteiger partial charge in [0.2, 0.25) is 5.91 Å². The summed E-state index contributed by atoms with van der Waals surface area (Å²) in [5.74, 6) is -0.858. The molecular formula is C16H11F6NOS. The Labute approximate surface area is 143 Å². The van der Waals surface area contributed by atoms with Gasteiger partial charge in [0.15, 0.2) is 0 Å². The molecule has 134 valence electrons. The van der Waals surface area contributed by atoms with E-state index >= 15 is 0 Å². The highest BCUT2D eigenvalue weighted by Gasteiger charge is 2.37. The van der Waals surface area contributed by atoms with Crippen molar-refractivity contribution in [1.29, 1.82) is 0 Å². The minimum atomic E-state index is -4.96. The molecule has 0 saturated carbocycles. The third kappa shape index (κ3) is 5.70. The van der Waals surface area contributed by atoms with Crippen LogP contribution in [0.1, 0.15) is 11.1 Å². The van der Waals surface area contributed by atoms with Crippen LogP contribution in [0.5, 0.6) is 0 Å². The molecule has 25 heavy (non-hydrogen) atoms. The highest BCUT2D eigenvalue weighted by atomic mass is 32.2.